The van der Waals surface area contributed by atoms with Crippen LogP contribution >= 0.6 is 0 Å². The van der Waals surface area contributed by atoms with Gasteiger partial charge in [0.25, 0.3) is 0 Å². The van der Waals surface area contributed by atoms with Gasteiger partial charge in [-0.3, -0.25) is 9.69 Å². The predicted octanol–water partition coefficient (Wildman–Crippen LogP) is 5.19. The second-order valence-electron chi connectivity index (χ2n) is 8.47. The molecule has 1 aliphatic rings. The summed E-state index contributed by atoms with van der Waals surface area (Å²) in [6.45, 7) is 4.61. The highest BCUT2D eigenvalue weighted by Gasteiger charge is 2.29. The van der Waals surface area contributed by atoms with Crippen molar-refractivity contribution in [3.05, 3.63) is 96.1 Å². The fraction of sp³-hybridized carbons (Fsp3) is 0.296. The molecule has 0 aliphatic carbocycles. The van der Waals surface area contributed by atoms with E-state index in [1.54, 1.807) is 0 Å². The van der Waals surface area contributed by atoms with Crippen molar-refractivity contribution in [3.8, 4) is 0 Å². The molecule has 1 amide bonds. The van der Waals surface area contributed by atoms with Crippen molar-refractivity contribution in [2.45, 2.75) is 32.4 Å². The van der Waals surface area contributed by atoms with E-state index in [0.717, 1.165) is 38.2 Å². The van der Waals surface area contributed by atoms with Crippen LogP contribution in [-0.4, -0.2) is 29.9 Å². The van der Waals surface area contributed by atoms with Crippen molar-refractivity contribution in [1.29, 1.82) is 0 Å². The van der Waals surface area contributed by atoms with Gasteiger partial charge < -0.3 is 10.6 Å². The van der Waals surface area contributed by atoms with Crippen LogP contribution in [0.2, 0.25) is 0 Å². The van der Waals surface area contributed by atoms with Gasteiger partial charge in [0.15, 0.2) is 0 Å². The summed E-state index contributed by atoms with van der Waals surface area (Å²) < 4.78 is 0. The summed E-state index contributed by atoms with van der Waals surface area (Å²) >= 11 is 0. The van der Waals surface area contributed by atoms with Crippen LogP contribution < -0.4 is 10.6 Å². The second-order valence-corrected chi connectivity index (χ2v) is 8.47. The zero-order valence-electron chi connectivity index (χ0n) is 18.1. The summed E-state index contributed by atoms with van der Waals surface area (Å²) in [6.07, 6.45) is 2.19. The molecular formula is C27H31N3O. The van der Waals surface area contributed by atoms with Gasteiger partial charge in [0.2, 0.25) is 5.91 Å². The van der Waals surface area contributed by atoms with Crippen molar-refractivity contribution in [1.82, 2.24) is 4.90 Å². The van der Waals surface area contributed by atoms with Crippen molar-refractivity contribution >= 4 is 17.3 Å². The maximum Gasteiger partial charge on any atom is 0.221 e. The number of hydrogen-bond acceptors (Lipinski definition) is 3. The quantitative estimate of drug-likeness (QED) is 0.560. The van der Waals surface area contributed by atoms with E-state index in [2.05, 4.69) is 88.3 Å². The van der Waals surface area contributed by atoms with E-state index in [9.17, 15) is 4.79 Å². The van der Waals surface area contributed by atoms with Gasteiger partial charge in [0.1, 0.15) is 0 Å². The van der Waals surface area contributed by atoms with Gasteiger partial charge in [-0.25, -0.2) is 0 Å². The first-order valence-electron chi connectivity index (χ1n) is 11.1. The maximum atomic E-state index is 11.2. The van der Waals surface area contributed by atoms with Crippen molar-refractivity contribution < 1.29 is 4.79 Å². The molecule has 0 saturated carbocycles. The van der Waals surface area contributed by atoms with E-state index < -0.39 is 0 Å². The average Bonchev–Trinajstić information content (AvgIpc) is 2.78. The maximum absolute atomic E-state index is 11.2. The van der Waals surface area contributed by atoms with E-state index in [0.29, 0.717) is 12.0 Å². The summed E-state index contributed by atoms with van der Waals surface area (Å²) in [4.78, 5) is 13.8. The Bertz CT molecular complexity index is 957. The van der Waals surface area contributed by atoms with Crippen LogP contribution in [0.3, 0.4) is 0 Å². The second kappa shape index (κ2) is 10.3. The molecule has 160 valence electrons. The third kappa shape index (κ3) is 6.19. The number of nitrogens with one attached hydrogen (secondary N) is 2. The van der Waals surface area contributed by atoms with Gasteiger partial charge in [0.05, 0.1) is 0 Å². The smallest absolute Gasteiger partial charge is 0.221 e. The molecule has 4 heteroatoms. The molecule has 0 aromatic heterocycles. The van der Waals surface area contributed by atoms with Crippen LogP contribution in [0.1, 0.15) is 24.5 Å². The number of para-hydroxylation sites is 1. The van der Waals surface area contributed by atoms with Gasteiger partial charge in [-0.2, -0.15) is 0 Å². The predicted molar refractivity (Wildman–Crippen MR) is 128 cm³/mol. The number of amides is 1. The van der Waals surface area contributed by atoms with E-state index >= 15 is 0 Å². The topological polar surface area (TPSA) is 44.4 Å². The molecule has 0 bridgehead atoms. The molecule has 4 rings (SSSR count). The van der Waals surface area contributed by atoms with Crippen LogP contribution in [0, 0.1) is 5.92 Å². The number of piperidine rings is 1. The van der Waals surface area contributed by atoms with Gasteiger partial charge in [-0.15, -0.1) is 0 Å². The third-order valence-electron chi connectivity index (χ3n) is 5.97. The average molecular weight is 414 g/mol. The SMILES string of the molecule is CC(=O)Nc1ccc(CN2CC[C@@H](Nc3ccccc3)[C@@H](Cc3ccccc3)C2)cc1. The fourth-order valence-corrected chi connectivity index (χ4v) is 4.47. The third-order valence-corrected chi connectivity index (χ3v) is 5.97. The molecule has 0 radical (unpaired) electrons. The molecule has 4 nitrogen and oxygen atoms in total. The minimum Gasteiger partial charge on any atom is -0.382 e. The van der Waals surface area contributed by atoms with Crippen LogP contribution in [0.4, 0.5) is 11.4 Å². The van der Waals surface area contributed by atoms with Crippen molar-refractivity contribution in [2.75, 3.05) is 23.7 Å². The number of hydrogen-bond donors (Lipinski definition) is 2. The molecule has 1 heterocycles. The van der Waals surface area contributed by atoms with Gasteiger partial charge in [-0.05, 0) is 54.2 Å². The molecular weight excluding hydrogens is 382 g/mol. The van der Waals surface area contributed by atoms with Crippen molar-refractivity contribution in [3.63, 3.8) is 0 Å². The fourth-order valence-electron chi connectivity index (χ4n) is 4.47. The molecule has 2 N–H and O–H groups in total. The highest BCUT2D eigenvalue weighted by Crippen LogP contribution is 2.26. The lowest BCUT2D eigenvalue weighted by Crippen LogP contribution is -2.46. The molecule has 3 aromatic rings. The minimum atomic E-state index is -0.0375. The minimum absolute atomic E-state index is 0.0375. The zero-order valence-corrected chi connectivity index (χ0v) is 18.1. The number of likely N-dealkylation sites (tertiary alicyclic amines) is 1. The lowest BCUT2D eigenvalue weighted by Gasteiger charge is -2.39. The Morgan fingerprint density at radius 2 is 1.55 bits per heavy atom. The monoisotopic (exact) mass is 413 g/mol. The lowest BCUT2D eigenvalue weighted by atomic mass is 9.86. The Balaban J connectivity index is 1.43. The number of carbonyl (C=O) groups excluding carboxylic acids is 1. The van der Waals surface area contributed by atoms with E-state index in [1.165, 1.54) is 23.7 Å². The number of carbonyl (C=O) groups is 1. The molecule has 3 aromatic carbocycles. The highest BCUT2D eigenvalue weighted by molar-refractivity contribution is 5.88. The van der Waals surface area contributed by atoms with Crippen LogP contribution in [0.5, 0.6) is 0 Å². The summed E-state index contributed by atoms with van der Waals surface area (Å²) in [5.74, 6) is 0.500. The summed E-state index contributed by atoms with van der Waals surface area (Å²) in [7, 11) is 0. The van der Waals surface area contributed by atoms with Crippen LogP contribution in [0.15, 0.2) is 84.9 Å². The molecule has 31 heavy (non-hydrogen) atoms. The molecule has 1 aliphatic heterocycles. The van der Waals surface area contributed by atoms with Crippen LogP contribution in [0.25, 0.3) is 0 Å². The van der Waals surface area contributed by atoms with Gasteiger partial charge in [0, 0.05) is 44.0 Å². The first kappa shape index (κ1) is 21.1. The van der Waals surface area contributed by atoms with Gasteiger partial charge in [-0.1, -0.05) is 60.7 Å². The normalized spacial score (nSPS) is 19.0. The first-order chi connectivity index (χ1) is 15.2. The first-order valence-corrected chi connectivity index (χ1v) is 11.1. The van der Waals surface area contributed by atoms with E-state index in [1.807, 2.05) is 12.1 Å². The standard InChI is InChI=1S/C27H31N3O/c1-21(31)28-26-14-12-23(13-15-26)19-30-17-16-27(29-25-10-6-3-7-11-25)24(20-30)18-22-8-4-2-5-9-22/h2-15,24,27,29H,16-20H2,1H3,(H,28,31)/t24-,27+/m0/s1. The molecule has 1 saturated heterocycles. The van der Waals surface area contributed by atoms with Crippen LogP contribution in [-0.2, 0) is 17.8 Å². The molecule has 1 fully saturated rings. The van der Waals surface area contributed by atoms with E-state index in [4.69, 9.17) is 0 Å². The number of benzene rings is 3. The number of anilines is 2. The summed E-state index contributed by atoms with van der Waals surface area (Å²) in [5.41, 5.74) is 4.73. The van der Waals surface area contributed by atoms with Crippen molar-refractivity contribution in [2.24, 2.45) is 5.92 Å². The Morgan fingerprint density at radius 3 is 2.23 bits per heavy atom. The van der Waals surface area contributed by atoms with Gasteiger partial charge >= 0.3 is 0 Å². The highest BCUT2D eigenvalue weighted by atomic mass is 16.1. The Hall–Kier alpha value is -3.11. The largest absolute Gasteiger partial charge is 0.382 e. The Kier molecular flexibility index (Phi) is 7.00. The zero-order chi connectivity index (χ0) is 21.5. The lowest BCUT2D eigenvalue weighted by molar-refractivity contribution is -0.114. The summed E-state index contributed by atoms with van der Waals surface area (Å²) in [5, 5.41) is 6.63. The molecule has 0 spiro atoms. The molecule has 0 unspecified atom stereocenters. The Labute approximate surface area is 185 Å². The van der Waals surface area contributed by atoms with E-state index in [-0.39, 0.29) is 5.91 Å². The summed E-state index contributed by atoms with van der Waals surface area (Å²) in [6, 6.07) is 30.0. The Morgan fingerprint density at radius 1 is 0.871 bits per heavy atom. The number of nitrogens with zero attached hydrogens (tertiary/aromatic N) is 1. The molecule has 2 atom stereocenters. The number of rotatable bonds is 7.